The number of carbonyl (C=O) groups is 1. The van der Waals surface area contributed by atoms with Crippen molar-refractivity contribution in [3.63, 3.8) is 0 Å². The molecule has 25 heavy (non-hydrogen) atoms. The minimum absolute atomic E-state index is 0.0692. The Labute approximate surface area is 155 Å². The summed E-state index contributed by atoms with van der Waals surface area (Å²) >= 11 is 11.8. The molecule has 0 saturated heterocycles. The summed E-state index contributed by atoms with van der Waals surface area (Å²) < 4.78 is 10.5. The molecule has 0 radical (unpaired) electrons. The third kappa shape index (κ3) is 5.01. The number of nitrogens with one attached hydrogen (secondary N) is 1. The second-order valence-electron chi connectivity index (χ2n) is 4.97. The van der Waals surface area contributed by atoms with Gasteiger partial charge in [-0.1, -0.05) is 29.3 Å². The Morgan fingerprint density at radius 2 is 2.04 bits per heavy atom. The highest BCUT2D eigenvalue weighted by atomic mass is 35.5. The summed E-state index contributed by atoms with van der Waals surface area (Å²) in [4.78, 5) is 12.0. The summed E-state index contributed by atoms with van der Waals surface area (Å²) in [6.07, 6.45) is 0.465. The van der Waals surface area contributed by atoms with Gasteiger partial charge in [-0.15, -0.1) is 0 Å². The minimum atomic E-state index is -0.838. The van der Waals surface area contributed by atoms with Gasteiger partial charge in [0.25, 0.3) is 5.91 Å². The van der Waals surface area contributed by atoms with Crippen LogP contribution in [0.1, 0.15) is 12.5 Å². The number of amides is 1. The maximum absolute atomic E-state index is 12.0. The van der Waals surface area contributed by atoms with Gasteiger partial charge in [0.2, 0.25) is 0 Å². The average Bonchev–Trinajstić information content (AvgIpc) is 2.58. The summed E-state index contributed by atoms with van der Waals surface area (Å²) in [6.45, 7) is 1.55. The maximum Gasteiger partial charge on any atom is 0.280 e. The second-order valence-corrected chi connectivity index (χ2v) is 5.81. The summed E-state index contributed by atoms with van der Waals surface area (Å²) in [7, 11) is 1.44. The molecule has 0 bridgehead atoms. The summed E-state index contributed by atoms with van der Waals surface area (Å²) in [5.41, 5.74) is 2.73. The van der Waals surface area contributed by atoms with Gasteiger partial charge in [0.1, 0.15) is 5.75 Å². The number of hydrogen-bond donors (Lipinski definition) is 2. The highest BCUT2D eigenvalue weighted by molar-refractivity contribution is 6.35. The van der Waals surface area contributed by atoms with Crippen molar-refractivity contribution < 1.29 is 19.4 Å². The molecule has 0 saturated carbocycles. The highest BCUT2D eigenvalue weighted by Crippen LogP contribution is 2.29. The van der Waals surface area contributed by atoms with Crippen molar-refractivity contribution in [1.29, 1.82) is 0 Å². The molecule has 6 nitrogen and oxygen atoms in total. The van der Waals surface area contributed by atoms with E-state index in [1.54, 1.807) is 37.3 Å². The lowest BCUT2D eigenvalue weighted by atomic mass is 10.2. The Kier molecular flexibility index (Phi) is 6.50. The molecule has 2 rings (SSSR count). The molecular weight excluding hydrogens is 367 g/mol. The summed E-state index contributed by atoms with van der Waals surface area (Å²) in [6, 6.07) is 9.63. The predicted molar refractivity (Wildman–Crippen MR) is 96.9 cm³/mol. The van der Waals surface area contributed by atoms with E-state index in [4.69, 9.17) is 32.7 Å². The number of ether oxygens (including phenoxy) is 2. The Bertz CT molecular complexity index is 796. The van der Waals surface area contributed by atoms with Crippen LogP contribution in [-0.4, -0.2) is 30.4 Å². The van der Waals surface area contributed by atoms with E-state index in [-0.39, 0.29) is 5.75 Å². The number of halogens is 2. The highest BCUT2D eigenvalue weighted by Gasteiger charge is 2.16. The van der Waals surface area contributed by atoms with E-state index < -0.39 is 12.0 Å². The van der Waals surface area contributed by atoms with Crippen LogP contribution in [0.5, 0.6) is 17.2 Å². The quantitative estimate of drug-likeness (QED) is 0.590. The number of aromatic hydroxyl groups is 1. The van der Waals surface area contributed by atoms with Crippen LogP contribution >= 0.6 is 23.2 Å². The largest absolute Gasteiger partial charge is 0.504 e. The fourth-order valence-corrected chi connectivity index (χ4v) is 2.33. The number of hydrazone groups is 1. The SMILES string of the molecule is COc1cccc(/C=N/NC(=O)C(C)Oc2ccc(Cl)cc2Cl)c1O. The fraction of sp³-hybridized carbons (Fsp3) is 0.176. The first-order chi connectivity index (χ1) is 11.9. The topological polar surface area (TPSA) is 80.2 Å². The monoisotopic (exact) mass is 382 g/mol. The zero-order chi connectivity index (χ0) is 18.4. The van der Waals surface area contributed by atoms with Crippen LogP contribution in [0.25, 0.3) is 0 Å². The molecule has 0 aliphatic heterocycles. The number of rotatable bonds is 6. The van der Waals surface area contributed by atoms with Crippen LogP contribution < -0.4 is 14.9 Å². The summed E-state index contributed by atoms with van der Waals surface area (Å²) in [5.74, 6) is 0.0948. The molecule has 2 aromatic carbocycles. The Morgan fingerprint density at radius 3 is 2.72 bits per heavy atom. The Morgan fingerprint density at radius 1 is 1.28 bits per heavy atom. The smallest absolute Gasteiger partial charge is 0.280 e. The molecule has 1 unspecified atom stereocenters. The number of nitrogens with zero attached hydrogens (tertiary/aromatic N) is 1. The van der Waals surface area contributed by atoms with Gasteiger partial charge in [0.05, 0.1) is 18.3 Å². The van der Waals surface area contributed by atoms with E-state index in [0.29, 0.717) is 27.1 Å². The molecule has 0 fully saturated rings. The minimum Gasteiger partial charge on any atom is -0.504 e. The third-order valence-electron chi connectivity index (χ3n) is 3.20. The molecule has 0 aromatic heterocycles. The number of carbonyl (C=O) groups excluding carboxylic acids is 1. The van der Waals surface area contributed by atoms with E-state index in [2.05, 4.69) is 10.5 Å². The molecule has 0 aliphatic carbocycles. The standard InChI is InChI=1S/C17H16Cl2N2O4/c1-10(25-14-7-6-12(18)8-13(14)19)17(23)21-20-9-11-4-3-5-15(24-2)16(11)22/h3-10,22H,1-2H3,(H,21,23)/b20-9+. The molecule has 0 aliphatic rings. The van der Waals surface area contributed by atoms with Crippen molar-refractivity contribution in [3.05, 3.63) is 52.0 Å². The number of para-hydroxylation sites is 1. The Balaban J connectivity index is 1.97. The average molecular weight is 383 g/mol. The number of phenols is 1. The lowest BCUT2D eigenvalue weighted by molar-refractivity contribution is -0.127. The fourth-order valence-electron chi connectivity index (χ4n) is 1.88. The molecule has 0 spiro atoms. The van der Waals surface area contributed by atoms with Crippen molar-refractivity contribution in [3.8, 4) is 17.2 Å². The number of methoxy groups -OCH3 is 1. The number of benzene rings is 2. The number of phenolic OH excluding ortho intramolecular Hbond substituents is 1. The van der Waals surface area contributed by atoms with Gasteiger partial charge in [-0.05, 0) is 37.3 Å². The van der Waals surface area contributed by atoms with E-state index in [1.165, 1.54) is 19.4 Å². The molecule has 8 heteroatoms. The zero-order valence-electron chi connectivity index (χ0n) is 13.5. The zero-order valence-corrected chi connectivity index (χ0v) is 15.0. The van der Waals surface area contributed by atoms with Crippen molar-refractivity contribution in [2.45, 2.75) is 13.0 Å². The van der Waals surface area contributed by atoms with Crippen LogP contribution in [-0.2, 0) is 4.79 Å². The van der Waals surface area contributed by atoms with Crippen LogP contribution in [0.3, 0.4) is 0 Å². The molecule has 132 valence electrons. The first-order valence-corrected chi connectivity index (χ1v) is 7.98. The lowest BCUT2D eigenvalue weighted by Crippen LogP contribution is -2.33. The second kappa shape index (κ2) is 8.60. The van der Waals surface area contributed by atoms with Gasteiger partial charge < -0.3 is 14.6 Å². The molecule has 2 N–H and O–H groups in total. The normalized spacial score (nSPS) is 12.0. The van der Waals surface area contributed by atoms with E-state index in [1.807, 2.05) is 0 Å². The van der Waals surface area contributed by atoms with Gasteiger partial charge in [-0.3, -0.25) is 4.79 Å². The maximum atomic E-state index is 12.0. The first kappa shape index (κ1) is 18.9. The van der Waals surface area contributed by atoms with Crippen LogP contribution in [0.15, 0.2) is 41.5 Å². The number of hydrogen-bond acceptors (Lipinski definition) is 5. The van der Waals surface area contributed by atoms with Crippen molar-refractivity contribution >= 4 is 35.3 Å². The van der Waals surface area contributed by atoms with E-state index in [9.17, 15) is 9.90 Å². The summed E-state index contributed by atoms with van der Waals surface area (Å²) in [5, 5.41) is 14.5. The van der Waals surface area contributed by atoms with E-state index in [0.717, 1.165) is 0 Å². The molecule has 1 amide bonds. The van der Waals surface area contributed by atoms with Gasteiger partial charge in [0, 0.05) is 10.6 Å². The third-order valence-corrected chi connectivity index (χ3v) is 3.73. The van der Waals surface area contributed by atoms with Gasteiger partial charge in [-0.25, -0.2) is 5.43 Å². The molecular formula is C17H16Cl2N2O4. The van der Waals surface area contributed by atoms with Crippen molar-refractivity contribution in [2.75, 3.05) is 7.11 Å². The molecule has 2 aromatic rings. The predicted octanol–water partition coefficient (Wildman–Crippen LogP) is 3.63. The van der Waals surface area contributed by atoms with Crippen LogP contribution in [0, 0.1) is 0 Å². The molecule has 1 atom stereocenters. The van der Waals surface area contributed by atoms with Crippen LogP contribution in [0.4, 0.5) is 0 Å². The molecule has 0 heterocycles. The van der Waals surface area contributed by atoms with Crippen LogP contribution in [0.2, 0.25) is 10.0 Å². The van der Waals surface area contributed by atoms with Gasteiger partial charge in [0.15, 0.2) is 17.6 Å². The van der Waals surface area contributed by atoms with Crippen molar-refractivity contribution in [1.82, 2.24) is 5.43 Å². The van der Waals surface area contributed by atoms with Gasteiger partial charge in [-0.2, -0.15) is 5.10 Å². The lowest BCUT2D eigenvalue weighted by Gasteiger charge is -2.14. The van der Waals surface area contributed by atoms with Gasteiger partial charge >= 0.3 is 0 Å². The first-order valence-electron chi connectivity index (χ1n) is 7.23. The van der Waals surface area contributed by atoms with E-state index >= 15 is 0 Å². The Hall–Kier alpha value is -2.44. The van der Waals surface area contributed by atoms with Crippen molar-refractivity contribution in [2.24, 2.45) is 5.10 Å².